The fourth-order valence-corrected chi connectivity index (χ4v) is 3.02. The minimum atomic E-state index is 0.468. The van der Waals surface area contributed by atoms with E-state index in [0.29, 0.717) is 16.9 Å². The lowest BCUT2D eigenvalue weighted by molar-refractivity contribution is 0.420. The van der Waals surface area contributed by atoms with Crippen LogP contribution in [0.5, 0.6) is 0 Å². The van der Waals surface area contributed by atoms with Crippen LogP contribution in [0.4, 0.5) is 0 Å². The molecule has 0 aromatic heterocycles. The molecule has 82 valence electrons. The molecule has 1 atom stereocenters. The molecule has 0 aliphatic heterocycles. The molecule has 1 fully saturated rings. The summed E-state index contributed by atoms with van der Waals surface area (Å²) >= 11 is 0. The zero-order valence-electron chi connectivity index (χ0n) is 10.6. The van der Waals surface area contributed by atoms with Crippen LogP contribution >= 0.6 is 0 Å². The average Bonchev–Trinajstić information content (AvgIpc) is 2.39. The molecule has 0 aromatic rings. The Kier molecular flexibility index (Phi) is 2.84. The van der Waals surface area contributed by atoms with Crippen molar-refractivity contribution >= 4 is 0 Å². The Bertz CT molecular complexity index is 224. The SMILES string of the molecule is C=C(C)CC(NC)C1C(C)(C)C1(C)C. The maximum atomic E-state index is 4.01. The largest absolute Gasteiger partial charge is 0.316 e. The Balaban J connectivity index is 2.70. The molecule has 0 amide bonds. The molecule has 0 bridgehead atoms. The molecule has 1 unspecified atom stereocenters. The van der Waals surface area contributed by atoms with E-state index in [4.69, 9.17) is 0 Å². The molecule has 0 spiro atoms. The van der Waals surface area contributed by atoms with Crippen LogP contribution in [0.2, 0.25) is 0 Å². The number of hydrogen-bond acceptors (Lipinski definition) is 1. The van der Waals surface area contributed by atoms with Crippen molar-refractivity contribution in [2.45, 2.75) is 47.1 Å². The highest BCUT2D eigenvalue weighted by Gasteiger charge is 2.66. The van der Waals surface area contributed by atoms with Gasteiger partial charge in [-0.3, -0.25) is 0 Å². The van der Waals surface area contributed by atoms with E-state index in [9.17, 15) is 0 Å². The molecule has 14 heavy (non-hydrogen) atoms. The fourth-order valence-electron chi connectivity index (χ4n) is 3.02. The summed E-state index contributed by atoms with van der Waals surface area (Å²) in [5.74, 6) is 0.775. The predicted octanol–water partition coefficient (Wildman–Crippen LogP) is 3.22. The number of nitrogens with one attached hydrogen (secondary N) is 1. The van der Waals surface area contributed by atoms with E-state index in [1.807, 2.05) is 0 Å². The van der Waals surface area contributed by atoms with Gasteiger partial charge in [0, 0.05) is 6.04 Å². The van der Waals surface area contributed by atoms with Crippen LogP contribution in [0.3, 0.4) is 0 Å². The second-order valence-electron chi connectivity index (χ2n) is 5.98. The van der Waals surface area contributed by atoms with Crippen LogP contribution in [0.25, 0.3) is 0 Å². The summed E-state index contributed by atoms with van der Waals surface area (Å²) in [7, 11) is 2.07. The van der Waals surface area contributed by atoms with Crippen LogP contribution in [-0.4, -0.2) is 13.1 Å². The van der Waals surface area contributed by atoms with E-state index >= 15 is 0 Å². The molecule has 0 saturated heterocycles. The zero-order valence-corrected chi connectivity index (χ0v) is 10.6. The molecule has 1 heteroatoms. The summed E-state index contributed by atoms with van der Waals surface area (Å²) < 4.78 is 0. The van der Waals surface area contributed by atoms with Crippen molar-refractivity contribution in [3.05, 3.63) is 12.2 Å². The molecular formula is C13H25N. The van der Waals surface area contributed by atoms with Crippen molar-refractivity contribution in [3.63, 3.8) is 0 Å². The van der Waals surface area contributed by atoms with Gasteiger partial charge in [-0.25, -0.2) is 0 Å². The third-order valence-electron chi connectivity index (χ3n) is 4.47. The molecule has 0 radical (unpaired) electrons. The summed E-state index contributed by atoms with van der Waals surface area (Å²) in [5, 5.41) is 3.45. The van der Waals surface area contributed by atoms with Crippen LogP contribution in [0.15, 0.2) is 12.2 Å². The normalized spacial score (nSPS) is 25.9. The lowest BCUT2D eigenvalue weighted by atomic mass is 9.98. The van der Waals surface area contributed by atoms with Gasteiger partial charge in [0.15, 0.2) is 0 Å². The van der Waals surface area contributed by atoms with E-state index in [1.54, 1.807) is 0 Å². The quantitative estimate of drug-likeness (QED) is 0.679. The first kappa shape index (κ1) is 11.8. The third kappa shape index (κ3) is 1.63. The Morgan fingerprint density at radius 1 is 1.29 bits per heavy atom. The lowest BCUT2D eigenvalue weighted by Crippen LogP contribution is -2.30. The molecule has 1 N–H and O–H groups in total. The van der Waals surface area contributed by atoms with Gasteiger partial charge in [-0.2, -0.15) is 0 Å². The van der Waals surface area contributed by atoms with Crippen LogP contribution in [-0.2, 0) is 0 Å². The molecule has 1 nitrogen and oxygen atoms in total. The van der Waals surface area contributed by atoms with Crippen molar-refractivity contribution in [1.29, 1.82) is 0 Å². The molecule has 0 aromatic carbocycles. The van der Waals surface area contributed by atoms with Crippen LogP contribution in [0, 0.1) is 16.7 Å². The smallest absolute Gasteiger partial charge is 0.0140 e. The van der Waals surface area contributed by atoms with Gasteiger partial charge in [0.1, 0.15) is 0 Å². The van der Waals surface area contributed by atoms with E-state index in [-0.39, 0.29) is 0 Å². The van der Waals surface area contributed by atoms with Gasteiger partial charge >= 0.3 is 0 Å². The minimum absolute atomic E-state index is 0.468. The summed E-state index contributed by atoms with van der Waals surface area (Å²) in [6.07, 6.45) is 1.11. The molecule has 1 aliphatic carbocycles. The van der Waals surface area contributed by atoms with Gasteiger partial charge in [-0.1, -0.05) is 33.3 Å². The van der Waals surface area contributed by atoms with Crippen molar-refractivity contribution in [1.82, 2.24) is 5.32 Å². The predicted molar refractivity (Wildman–Crippen MR) is 63.3 cm³/mol. The van der Waals surface area contributed by atoms with E-state index in [1.165, 1.54) is 5.57 Å². The van der Waals surface area contributed by atoms with Crippen molar-refractivity contribution in [2.75, 3.05) is 7.05 Å². The third-order valence-corrected chi connectivity index (χ3v) is 4.47. The average molecular weight is 195 g/mol. The molecule has 1 aliphatic rings. The first-order valence-electron chi connectivity index (χ1n) is 5.56. The first-order chi connectivity index (χ1) is 6.25. The standard InChI is InChI=1S/C13H25N/c1-9(2)8-10(14-7)11-12(3,4)13(11,5)6/h10-11,14H,1,8H2,2-7H3. The summed E-state index contributed by atoms with van der Waals surface area (Å²) in [4.78, 5) is 0. The molecule has 1 rings (SSSR count). The summed E-state index contributed by atoms with van der Waals surface area (Å²) in [6.45, 7) is 15.6. The summed E-state index contributed by atoms with van der Waals surface area (Å²) in [5.41, 5.74) is 2.22. The molecular weight excluding hydrogens is 170 g/mol. The van der Waals surface area contributed by atoms with Gasteiger partial charge in [-0.15, -0.1) is 6.58 Å². The number of rotatable bonds is 4. The first-order valence-corrected chi connectivity index (χ1v) is 5.56. The number of hydrogen-bond donors (Lipinski definition) is 1. The van der Waals surface area contributed by atoms with Crippen molar-refractivity contribution < 1.29 is 0 Å². The van der Waals surface area contributed by atoms with Gasteiger partial charge in [0.05, 0.1) is 0 Å². The van der Waals surface area contributed by atoms with Crippen molar-refractivity contribution in [3.8, 4) is 0 Å². The topological polar surface area (TPSA) is 12.0 Å². The second-order valence-corrected chi connectivity index (χ2v) is 5.98. The van der Waals surface area contributed by atoms with Gasteiger partial charge in [0.25, 0.3) is 0 Å². The van der Waals surface area contributed by atoms with Gasteiger partial charge in [-0.05, 0) is 37.1 Å². The monoisotopic (exact) mass is 195 g/mol. The van der Waals surface area contributed by atoms with E-state index < -0.39 is 0 Å². The van der Waals surface area contributed by atoms with Crippen LogP contribution in [0.1, 0.15) is 41.0 Å². The second kappa shape index (κ2) is 3.37. The minimum Gasteiger partial charge on any atom is -0.316 e. The lowest BCUT2D eigenvalue weighted by Gasteiger charge is -2.18. The summed E-state index contributed by atoms with van der Waals surface area (Å²) in [6, 6.07) is 0.595. The maximum absolute atomic E-state index is 4.01. The zero-order chi connectivity index (χ0) is 11.1. The Morgan fingerprint density at radius 3 is 1.93 bits per heavy atom. The van der Waals surface area contributed by atoms with Crippen molar-refractivity contribution in [2.24, 2.45) is 16.7 Å². The fraction of sp³-hybridized carbons (Fsp3) is 0.846. The van der Waals surface area contributed by atoms with Gasteiger partial charge in [0.2, 0.25) is 0 Å². The highest BCUT2D eigenvalue weighted by atomic mass is 14.9. The Morgan fingerprint density at radius 2 is 1.71 bits per heavy atom. The Labute approximate surface area is 89.0 Å². The van der Waals surface area contributed by atoms with E-state index in [0.717, 1.165) is 12.3 Å². The van der Waals surface area contributed by atoms with Gasteiger partial charge < -0.3 is 5.32 Å². The highest BCUT2D eigenvalue weighted by molar-refractivity contribution is 5.17. The van der Waals surface area contributed by atoms with E-state index in [2.05, 4.69) is 53.6 Å². The Hall–Kier alpha value is -0.300. The van der Waals surface area contributed by atoms with Crippen LogP contribution < -0.4 is 5.32 Å². The molecule has 1 saturated carbocycles. The molecule has 0 heterocycles. The highest BCUT2D eigenvalue weighted by Crippen LogP contribution is 2.70. The maximum Gasteiger partial charge on any atom is 0.0140 e.